The lowest BCUT2D eigenvalue weighted by atomic mass is 10.0. The Morgan fingerprint density at radius 2 is 1.00 bits per heavy atom. The second kappa shape index (κ2) is 18.5. The number of hydrogen-bond donors (Lipinski definition) is 3. The van der Waals surface area contributed by atoms with Gasteiger partial charge in [0.15, 0.2) is 0 Å². The number of benzene rings is 2. The molecule has 133 valence electrons. The van der Waals surface area contributed by atoms with Gasteiger partial charge >= 0.3 is 40.1 Å². The Labute approximate surface area is 191 Å². The number of phenols is 3. The molecule has 0 aromatic heterocycles. The number of phenolic OH excluding ortho intramolecular Hbond substituents is 3. The molecule has 3 nitrogen and oxygen atoms in total. The smallest absolute Gasteiger partial charge is 0.495 e. The number of aromatic hydroxyl groups is 3. The average Bonchev–Trinajstić information content (AvgIpc) is 2.54. The van der Waals surface area contributed by atoms with Crippen molar-refractivity contribution >= 4 is 100 Å². The molecule has 2 aromatic carbocycles. The summed E-state index contributed by atoms with van der Waals surface area (Å²) in [6.07, 6.45) is 0. The first kappa shape index (κ1) is 28.4. The second-order valence-corrected chi connectivity index (χ2v) is 10.4. The largest absolute Gasteiger partial charge is 0.508 e. The zero-order valence-electron chi connectivity index (χ0n) is 12.8. The summed E-state index contributed by atoms with van der Waals surface area (Å²) in [6, 6.07) is 9.30. The first-order chi connectivity index (χ1) is 11.8. The predicted molar refractivity (Wildman–Crippen MR) is 114 cm³/mol. The SMILES string of the molecule is Cc1ccc(O)c(-c2cc(O)ccc2O)c1.[Cl][Al][Cl].[Cl][Al][Cl].[Cl][Al][Cl]. The molecule has 0 aliphatic rings. The molecule has 0 fully saturated rings. The Kier molecular flexibility index (Phi) is 21.0. The molecule has 0 heterocycles. The van der Waals surface area contributed by atoms with Crippen molar-refractivity contribution in [3.63, 3.8) is 0 Å². The molecule has 0 aliphatic carbocycles. The fourth-order valence-corrected chi connectivity index (χ4v) is 1.61. The molecule has 0 atom stereocenters. The van der Waals surface area contributed by atoms with Gasteiger partial charge in [-0.2, -0.15) is 0 Å². The van der Waals surface area contributed by atoms with Crippen LogP contribution in [0.3, 0.4) is 0 Å². The Morgan fingerprint density at radius 1 is 0.640 bits per heavy atom. The lowest BCUT2D eigenvalue weighted by Gasteiger charge is -2.08. The molecule has 0 saturated heterocycles. The molecule has 2 rings (SSSR count). The third-order valence-corrected chi connectivity index (χ3v) is 2.42. The molecule has 0 aliphatic heterocycles. The quantitative estimate of drug-likeness (QED) is 0.338. The standard InChI is InChI=1S/C13H12O3.3Al.6ClH/c1-8-2-4-12(15)10(6-8)11-7-9(14)3-5-13(11)16;;;;;;;;;/h2-7,14-16H,1H3;;;;6*1H/q;3*+2;;;;;;/p-6. The monoisotopic (exact) mass is 507 g/mol. The van der Waals surface area contributed by atoms with E-state index in [1.807, 2.05) is 6.92 Å². The van der Waals surface area contributed by atoms with Crippen LogP contribution in [-0.4, -0.2) is 55.4 Å². The van der Waals surface area contributed by atoms with Crippen LogP contribution in [-0.2, 0) is 0 Å². The number of hydrogen-bond acceptors (Lipinski definition) is 3. The summed E-state index contributed by atoms with van der Waals surface area (Å²) in [5.74, 6) is 0.152. The minimum Gasteiger partial charge on any atom is -0.508 e. The van der Waals surface area contributed by atoms with E-state index in [2.05, 4.69) is 0 Å². The van der Waals surface area contributed by atoms with Crippen LogP contribution in [0, 0.1) is 6.92 Å². The molecule has 12 heteroatoms. The zero-order chi connectivity index (χ0) is 19.8. The van der Waals surface area contributed by atoms with Crippen LogP contribution in [0.4, 0.5) is 0 Å². The maximum Gasteiger partial charge on any atom is 0.495 e. The molecule has 0 bridgehead atoms. The van der Waals surface area contributed by atoms with Crippen LogP contribution >= 0.6 is 60.3 Å². The summed E-state index contributed by atoms with van der Waals surface area (Å²) in [5.41, 5.74) is 1.89. The minimum atomic E-state index is -0.306. The maximum absolute atomic E-state index is 9.71. The first-order valence-corrected chi connectivity index (χ1v) is 16.7. The van der Waals surface area contributed by atoms with Crippen molar-refractivity contribution in [3.8, 4) is 28.4 Å². The Morgan fingerprint density at radius 3 is 1.44 bits per heavy atom. The van der Waals surface area contributed by atoms with E-state index in [9.17, 15) is 15.3 Å². The molecule has 25 heavy (non-hydrogen) atoms. The van der Waals surface area contributed by atoms with E-state index < -0.39 is 0 Å². The topological polar surface area (TPSA) is 60.7 Å². The van der Waals surface area contributed by atoms with Gasteiger partial charge in [0.2, 0.25) is 0 Å². The van der Waals surface area contributed by atoms with Crippen molar-refractivity contribution in [1.82, 2.24) is 0 Å². The molecule has 2 aromatic rings. The van der Waals surface area contributed by atoms with Crippen molar-refractivity contribution < 1.29 is 15.3 Å². The van der Waals surface area contributed by atoms with E-state index in [-0.39, 0.29) is 57.4 Å². The highest BCUT2D eigenvalue weighted by Gasteiger charge is 2.09. The van der Waals surface area contributed by atoms with Crippen molar-refractivity contribution in [2.45, 2.75) is 6.92 Å². The van der Waals surface area contributed by atoms with Gasteiger partial charge in [-0.3, -0.25) is 0 Å². The summed E-state index contributed by atoms with van der Waals surface area (Å²) in [4.78, 5) is 0. The van der Waals surface area contributed by atoms with Crippen molar-refractivity contribution in [2.75, 3.05) is 0 Å². The lowest BCUT2D eigenvalue weighted by molar-refractivity contribution is 0.459. The van der Waals surface area contributed by atoms with E-state index in [1.165, 1.54) is 18.2 Å². The van der Waals surface area contributed by atoms with Crippen molar-refractivity contribution in [1.29, 1.82) is 0 Å². The third-order valence-electron chi connectivity index (χ3n) is 2.42. The lowest BCUT2D eigenvalue weighted by Crippen LogP contribution is -1.82. The third kappa shape index (κ3) is 13.9. The van der Waals surface area contributed by atoms with Gasteiger partial charge < -0.3 is 15.3 Å². The normalized spacial score (nSPS) is 8.28. The van der Waals surface area contributed by atoms with Gasteiger partial charge in [0, 0.05) is 11.1 Å². The summed E-state index contributed by atoms with van der Waals surface area (Å²) >= 11 is -0.917. The van der Waals surface area contributed by atoms with Gasteiger partial charge in [0.25, 0.3) is 0 Å². The van der Waals surface area contributed by atoms with Crippen LogP contribution in [0.2, 0.25) is 0 Å². The van der Waals surface area contributed by atoms with Gasteiger partial charge in [-0.25, -0.2) is 60.3 Å². The van der Waals surface area contributed by atoms with Crippen LogP contribution in [0.1, 0.15) is 5.56 Å². The van der Waals surface area contributed by atoms with Gasteiger partial charge in [-0.15, -0.1) is 0 Å². The van der Waals surface area contributed by atoms with Crippen LogP contribution in [0.15, 0.2) is 36.4 Å². The van der Waals surface area contributed by atoms with Gasteiger partial charge in [0.1, 0.15) is 17.2 Å². The van der Waals surface area contributed by atoms with E-state index in [1.54, 1.807) is 18.2 Å². The van der Waals surface area contributed by atoms with Crippen LogP contribution in [0.5, 0.6) is 17.2 Å². The maximum atomic E-state index is 9.71. The summed E-state index contributed by atoms with van der Waals surface area (Å²) < 4.78 is 0. The molecule has 0 unspecified atom stereocenters. The van der Waals surface area contributed by atoms with Crippen molar-refractivity contribution in [2.24, 2.45) is 0 Å². The molecule has 3 radical (unpaired) electrons. The fraction of sp³-hybridized carbons (Fsp3) is 0.0769. The van der Waals surface area contributed by atoms with Gasteiger partial charge in [-0.1, -0.05) is 11.6 Å². The van der Waals surface area contributed by atoms with E-state index in [4.69, 9.17) is 60.3 Å². The number of halogens is 6. The van der Waals surface area contributed by atoms with E-state index in [0.29, 0.717) is 11.1 Å². The van der Waals surface area contributed by atoms with Gasteiger partial charge in [-0.05, 0) is 37.3 Å². The molecular formula is C13H12Al3Cl6O3. The molecule has 0 saturated carbocycles. The molecule has 3 N–H and O–H groups in total. The summed E-state index contributed by atoms with van der Waals surface area (Å²) in [7, 11) is 29.1. The minimum absolute atomic E-state index is 0.0266. The number of rotatable bonds is 1. The zero-order valence-corrected chi connectivity index (χ0v) is 20.8. The second-order valence-electron chi connectivity index (χ2n) is 3.97. The summed E-state index contributed by atoms with van der Waals surface area (Å²) in [6.45, 7) is 1.89. The van der Waals surface area contributed by atoms with Crippen molar-refractivity contribution in [3.05, 3.63) is 42.0 Å². The highest BCUT2D eigenvalue weighted by atomic mass is 35.7. The Balaban J connectivity index is 0. The van der Waals surface area contributed by atoms with Crippen LogP contribution < -0.4 is 0 Å². The Hall–Kier alpha value is 1.18. The highest BCUT2D eigenvalue weighted by Crippen LogP contribution is 2.37. The predicted octanol–water partition coefficient (Wildman–Crippen LogP) is 5.77. The fourth-order valence-electron chi connectivity index (χ4n) is 1.61. The molecule has 0 spiro atoms. The highest BCUT2D eigenvalue weighted by molar-refractivity contribution is 7.23. The Bertz CT molecular complexity index is 553. The summed E-state index contributed by atoms with van der Waals surface area (Å²) in [5, 5.41) is 28.8. The molecular weight excluding hydrogens is 498 g/mol. The first-order valence-electron chi connectivity index (χ1n) is 6.21. The van der Waals surface area contributed by atoms with E-state index in [0.717, 1.165) is 5.56 Å². The van der Waals surface area contributed by atoms with Crippen LogP contribution in [0.25, 0.3) is 11.1 Å². The van der Waals surface area contributed by atoms with E-state index >= 15 is 0 Å². The molecule has 0 amide bonds. The number of aryl methyl sites for hydroxylation is 1. The average molecular weight is 510 g/mol. The van der Waals surface area contributed by atoms with Gasteiger partial charge in [0.05, 0.1) is 0 Å².